The van der Waals surface area contributed by atoms with Gasteiger partial charge < -0.3 is 15.5 Å². The molecule has 0 unspecified atom stereocenters. The summed E-state index contributed by atoms with van der Waals surface area (Å²) in [4.78, 5) is 18.0. The third kappa shape index (κ3) is 7.05. The fourth-order valence-electron chi connectivity index (χ4n) is 2.60. The first-order valence-corrected chi connectivity index (χ1v) is 8.65. The summed E-state index contributed by atoms with van der Waals surface area (Å²) in [5.41, 5.74) is 1.60. The number of carbonyl (C=O) groups excluding carboxylic acids is 1. The van der Waals surface area contributed by atoms with Crippen LogP contribution in [0.25, 0.3) is 0 Å². The average molecular weight is 374 g/mol. The number of halogens is 2. The molecule has 0 aromatic heterocycles. The van der Waals surface area contributed by atoms with Crippen molar-refractivity contribution in [3.63, 3.8) is 0 Å². The number of nitrogens with one attached hydrogen (secondary N) is 2. The maximum Gasteiger partial charge on any atom is 0.224 e. The minimum absolute atomic E-state index is 0.133. The molecule has 0 aliphatic heterocycles. The lowest BCUT2D eigenvalue weighted by atomic mass is 10.1. The first-order chi connectivity index (χ1) is 13.0. The monoisotopic (exact) mass is 374 g/mol. The first kappa shape index (κ1) is 20.4. The van der Waals surface area contributed by atoms with E-state index in [-0.39, 0.29) is 24.0 Å². The fourth-order valence-corrected chi connectivity index (χ4v) is 2.60. The van der Waals surface area contributed by atoms with Gasteiger partial charge in [0.05, 0.1) is 6.42 Å². The van der Waals surface area contributed by atoms with E-state index in [1.54, 1.807) is 25.2 Å². The van der Waals surface area contributed by atoms with E-state index in [4.69, 9.17) is 0 Å². The molecule has 7 heteroatoms. The molecule has 0 heterocycles. The topological polar surface area (TPSA) is 56.7 Å². The lowest BCUT2D eigenvalue weighted by Gasteiger charge is -2.22. The van der Waals surface area contributed by atoms with Gasteiger partial charge in [0.15, 0.2) is 5.96 Å². The van der Waals surface area contributed by atoms with E-state index in [0.717, 1.165) is 11.1 Å². The van der Waals surface area contributed by atoms with E-state index < -0.39 is 0 Å². The van der Waals surface area contributed by atoms with Crippen LogP contribution in [0.4, 0.5) is 8.78 Å². The predicted molar refractivity (Wildman–Crippen MR) is 102 cm³/mol. The van der Waals surface area contributed by atoms with Gasteiger partial charge >= 0.3 is 0 Å². The van der Waals surface area contributed by atoms with Crippen molar-refractivity contribution in [2.24, 2.45) is 4.99 Å². The number of guanidine groups is 1. The Labute approximate surface area is 158 Å². The Morgan fingerprint density at radius 2 is 1.70 bits per heavy atom. The van der Waals surface area contributed by atoms with Crippen molar-refractivity contribution >= 4 is 11.9 Å². The lowest BCUT2D eigenvalue weighted by molar-refractivity contribution is -0.120. The number of aliphatic imine (C=N–C) groups is 1. The van der Waals surface area contributed by atoms with Gasteiger partial charge in [-0.15, -0.1) is 0 Å². The molecule has 144 valence electrons. The zero-order valence-electron chi connectivity index (χ0n) is 15.5. The zero-order chi connectivity index (χ0) is 19.6. The second kappa shape index (κ2) is 10.3. The number of rotatable bonds is 7. The van der Waals surface area contributed by atoms with Crippen molar-refractivity contribution in [3.8, 4) is 0 Å². The Kier molecular flexibility index (Phi) is 7.73. The van der Waals surface area contributed by atoms with E-state index in [0.29, 0.717) is 25.6 Å². The van der Waals surface area contributed by atoms with Gasteiger partial charge in [-0.25, -0.2) is 8.78 Å². The largest absolute Gasteiger partial charge is 0.354 e. The van der Waals surface area contributed by atoms with E-state index >= 15 is 0 Å². The highest BCUT2D eigenvalue weighted by molar-refractivity contribution is 5.80. The van der Waals surface area contributed by atoms with Gasteiger partial charge in [0, 0.05) is 33.7 Å². The molecule has 0 aliphatic carbocycles. The molecule has 0 saturated carbocycles. The van der Waals surface area contributed by atoms with Gasteiger partial charge in [-0.2, -0.15) is 0 Å². The number of amides is 1. The quantitative estimate of drug-likeness (QED) is 0.444. The van der Waals surface area contributed by atoms with Gasteiger partial charge in [-0.1, -0.05) is 24.3 Å². The molecule has 27 heavy (non-hydrogen) atoms. The molecule has 2 aromatic carbocycles. The normalized spacial score (nSPS) is 11.2. The molecule has 0 spiro atoms. The van der Waals surface area contributed by atoms with Gasteiger partial charge in [0.1, 0.15) is 11.6 Å². The van der Waals surface area contributed by atoms with E-state index in [9.17, 15) is 13.6 Å². The molecule has 2 N–H and O–H groups in total. The van der Waals surface area contributed by atoms with Crippen LogP contribution in [0.1, 0.15) is 11.1 Å². The van der Waals surface area contributed by atoms with Crippen molar-refractivity contribution < 1.29 is 13.6 Å². The highest BCUT2D eigenvalue weighted by atomic mass is 19.1. The Morgan fingerprint density at radius 3 is 2.37 bits per heavy atom. The summed E-state index contributed by atoms with van der Waals surface area (Å²) in [6.07, 6.45) is 0.203. The molecule has 0 radical (unpaired) electrons. The molecule has 0 saturated heterocycles. The number of benzene rings is 2. The van der Waals surface area contributed by atoms with Gasteiger partial charge in [0.25, 0.3) is 0 Å². The summed E-state index contributed by atoms with van der Waals surface area (Å²) in [5.74, 6) is -0.0802. The molecule has 2 aromatic rings. The van der Waals surface area contributed by atoms with Crippen molar-refractivity contribution in [2.75, 3.05) is 27.2 Å². The highest BCUT2D eigenvalue weighted by Gasteiger charge is 2.08. The summed E-state index contributed by atoms with van der Waals surface area (Å²) in [6.45, 7) is 1.43. The molecule has 1 amide bonds. The van der Waals surface area contributed by atoms with Crippen LogP contribution in [0.5, 0.6) is 0 Å². The molecule has 0 bridgehead atoms. The van der Waals surface area contributed by atoms with Crippen LogP contribution in [0.3, 0.4) is 0 Å². The van der Waals surface area contributed by atoms with Crippen molar-refractivity contribution in [1.29, 1.82) is 0 Å². The standard InChI is InChI=1S/C20H24F2N4O/c1-23-20(26(2)14-16-4-3-5-18(22)12-16)25-11-10-24-19(27)13-15-6-8-17(21)9-7-15/h3-9,12H,10-11,13-14H2,1-2H3,(H,23,25)(H,24,27). The van der Waals surface area contributed by atoms with Crippen LogP contribution >= 0.6 is 0 Å². The molecule has 0 fully saturated rings. The second-order valence-electron chi connectivity index (χ2n) is 6.11. The number of carbonyl (C=O) groups is 1. The van der Waals surface area contributed by atoms with Crippen LogP contribution in [-0.4, -0.2) is 44.0 Å². The molecule has 5 nitrogen and oxygen atoms in total. The van der Waals surface area contributed by atoms with Crippen LogP contribution in [0.2, 0.25) is 0 Å². The fraction of sp³-hybridized carbons (Fsp3) is 0.300. The molecule has 0 aliphatic rings. The first-order valence-electron chi connectivity index (χ1n) is 8.65. The molecular weight excluding hydrogens is 350 g/mol. The van der Waals surface area contributed by atoms with Gasteiger partial charge in [-0.05, 0) is 35.4 Å². The Bertz CT molecular complexity index is 778. The SMILES string of the molecule is CN=C(NCCNC(=O)Cc1ccc(F)cc1)N(C)Cc1cccc(F)c1. The predicted octanol–water partition coefficient (Wildman–Crippen LogP) is 2.33. The number of hydrogen-bond acceptors (Lipinski definition) is 2. The summed E-state index contributed by atoms with van der Waals surface area (Å²) < 4.78 is 26.1. The summed E-state index contributed by atoms with van der Waals surface area (Å²) in [7, 11) is 3.52. The highest BCUT2D eigenvalue weighted by Crippen LogP contribution is 2.06. The van der Waals surface area contributed by atoms with E-state index in [1.807, 2.05) is 18.0 Å². The van der Waals surface area contributed by atoms with Crippen LogP contribution < -0.4 is 10.6 Å². The third-order valence-electron chi connectivity index (χ3n) is 3.89. The summed E-state index contributed by atoms with van der Waals surface area (Å²) >= 11 is 0. The Hall–Kier alpha value is -2.96. The maximum absolute atomic E-state index is 13.3. The van der Waals surface area contributed by atoms with Crippen LogP contribution in [0.15, 0.2) is 53.5 Å². The Balaban J connectivity index is 1.72. The van der Waals surface area contributed by atoms with E-state index in [2.05, 4.69) is 15.6 Å². The zero-order valence-corrected chi connectivity index (χ0v) is 15.5. The minimum Gasteiger partial charge on any atom is -0.354 e. The second-order valence-corrected chi connectivity index (χ2v) is 6.11. The van der Waals surface area contributed by atoms with Gasteiger partial charge in [0.2, 0.25) is 5.91 Å². The summed E-state index contributed by atoms with van der Waals surface area (Å²) in [5, 5.41) is 5.95. The van der Waals surface area contributed by atoms with Crippen molar-refractivity contribution in [3.05, 3.63) is 71.3 Å². The van der Waals surface area contributed by atoms with Crippen LogP contribution in [-0.2, 0) is 17.8 Å². The third-order valence-corrected chi connectivity index (χ3v) is 3.89. The number of nitrogens with zero attached hydrogens (tertiary/aromatic N) is 2. The smallest absolute Gasteiger partial charge is 0.224 e. The van der Waals surface area contributed by atoms with Gasteiger partial charge in [-0.3, -0.25) is 9.79 Å². The molecule has 0 atom stereocenters. The maximum atomic E-state index is 13.3. The van der Waals surface area contributed by atoms with Crippen LogP contribution in [0, 0.1) is 11.6 Å². The van der Waals surface area contributed by atoms with Crippen molar-refractivity contribution in [2.45, 2.75) is 13.0 Å². The van der Waals surface area contributed by atoms with E-state index in [1.165, 1.54) is 24.3 Å². The minimum atomic E-state index is -0.322. The summed E-state index contributed by atoms with van der Waals surface area (Å²) in [6, 6.07) is 12.3. The Morgan fingerprint density at radius 1 is 1.00 bits per heavy atom. The number of hydrogen-bond donors (Lipinski definition) is 2. The molecular formula is C20H24F2N4O. The lowest BCUT2D eigenvalue weighted by Crippen LogP contribution is -2.42. The molecule has 2 rings (SSSR count). The average Bonchev–Trinajstić information content (AvgIpc) is 2.63. The van der Waals surface area contributed by atoms with Crippen molar-refractivity contribution in [1.82, 2.24) is 15.5 Å².